The Labute approximate surface area is 79.7 Å². The molecule has 0 aromatic rings. The maximum atomic E-state index is 11.0. The maximum absolute atomic E-state index is 11.0. The number of carbonyl (C=O) groups excluding carboxylic acids is 1. The van der Waals surface area contributed by atoms with Crippen molar-refractivity contribution in [2.24, 2.45) is 0 Å². The molecule has 0 bridgehead atoms. The molecule has 0 aromatic carbocycles. The van der Waals surface area contributed by atoms with Crippen LogP contribution in [0.15, 0.2) is 12.7 Å². The first-order valence-electron chi connectivity index (χ1n) is 4.61. The van der Waals surface area contributed by atoms with Gasteiger partial charge in [-0.3, -0.25) is 0 Å². The van der Waals surface area contributed by atoms with Gasteiger partial charge in [-0.05, 0) is 26.7 Å². The minimum Gasteiger partial charge on any atom is -0.464 e. The van der Waals surface area contributed by atoms with Crippen LogP contribution in [0.25, 0.3) is 0 Å². The van der Waals surface area contributed by atoms with Crippen LogP contribution >= 0.6 is 0 Å². The molecule has 0 aromatic heterocycles. The molecule has 0 spiro atoms. The fourth-order valence-corrected chi connectivity index (χ4v) is 0.815. The van der Waals surface area contributed by atoms with E-state index in [1.807, 2.05) is 6.08 Å². The molecule has 0 fully saturated rings. The van der Waals surface area contributed by atoms with Gasteiger partial charge in [0.05, 0.1) is 6.61 Å². The van der Waals surface area contributed by atoms with Crippen LogP contribution in [0.1, 0.15) is 26.7 Å². The van der Waals surface area contributed by atoms with Crippen LogP contribution in [0.5, 0.6) is 0 Å². The zero-order valence-corrected chi connectivity index (χ0v) is 8.41. The molecule has 0 saturated carbocycles. The quantitative estimate of drug-likeness (QED) is 0.346. The van der Waals surface area contributed by atoms with E-state index in [0.29, 0.717) is 13.2 Å². The highest BCUT2D eigenvalue weighted by Gasteiger charge is 2.13. The first-order valence-corrected chi connectivity index (χ1v) is 4.61. The number of allylic oxidation sites excluding steroid dienone is 1. The lowest BCUT2D eigenvalue weighted by molar-refractivity contribution is -0.155. The van der Waals surface area contributed by atoms with Crippen LogP contribution in [-0.2, 0) is 14.3 Å². The Morgan fingerprint density at radius 1 is 1.62 bits per heavy atom. The van der Waals surface area contributed by atoms with Crippen molar-refractivity contribution in [1.82, 2.24) is 0 Å². The predicted octanol–water partition coefficient (Wildman–Crippen LogP) is 1.92. The highest BCUT2D eigenvalue weighted by Crippen LogP contribution is 1.98. The Morgan fingerprint density at radius 3 is 2.85 bits per heavy atom. The fraction of sp³-hybridized carbons (Fsp3) is 0.700. The average molecular weight is 186 g/mol. The molecule has 76 valence electrons. The number of ether oxygens (including phenoxy) is 2. The van der Waals surface area contributed by atoms with Gasteiger partial charge in [0.25, 0.3) is 0 Å². The molecule has 0 radical (unpaired) electrons. The predicted molar refractivity (Wildman–Crippen MR) is 51.5 cm³/mol. The molecular weight excluding hydrogens is 168 g/mol. The molecule has 3 nitrogen and oxygen atoms in total. The summed E-state index contributed by atoms with van der Waals surface area (Å²) >= 11 is 0. The van der Waals surface area contributed by atoms with Gasteiger partial charge in [-0.1, -0.05) is 6.08 Å². The highest BCUT2D eigenvalue weighted by atomic mass is 16.6. The van der Waals surface area contributed by atoms with Crippen LogP contribution in [0, 0.1) is 0 Å². The second kappa shape index (κ2) is 7.80. The third-order valence-electron chi connectivity index (χ3n) is 1.54. The van der Waals surface area contributed by atoms with Crippen molar-refractivity contribution in [3.63, 3.8) is 0 Å². The third-order valence-corrected chi connectivity index (χ3v) is 1.54. The van der Waals surface area contributed by atoms with Gasteiger partial charge in [-0.15, -0.1) is 6.58 Å². The molecule has 0 N–H and O–H groups in total. The van der Waals surface area contributed by atoms with Crippen LogP contribution < -0.4 is 0 Å². The fourth-order valence-electron chi connectivity index (χ4n) is 0.815. The summed E-state index contributed by atoms with van der Waals surface area (Å²) in [5, 5.41) is 0. The van der Waals surface area contributed by atoms with E-state index in [-0.39, 0.29) is 5.97 Å². The van der Waals surface area contributed by atoms with E-state index >= 15 is 0 Å². The zero-order valence-electron chi connectivity index (χ0n) is 8.41. The summed E-state index contributed by atoms with van der Waals surface area (Å²) in [5.74, 6) is -0.291. The van der Waals surface area contributed by atoms with Crippen molar-refractivity contribution in [2.75, 3.05) is 13.2 Å². The van der Waals surface area contributed by atoms with E-state index in [1.165, 1.54) is 0 Å². The second-order valence-electron chi connectivity index (χ2n) is 2.70. The van der Waals surface area contributed by atoms with Crippen molar-refractivity contribution in [3.05, 3.63) is 12.7 Å². The molecule has 0 aliphatic heterocycles. The molecule has 1 unspecified atom stereocenters. The van der Waals surface area contributed by atoms with Crippen molar-refractivity contribution in [2.45, 2.75) is 32.8 Å². The molecule has 0 amide bonds. The van der Waals surface area contributed by atoms with Crippen LogP contribution in [-0.4, -0.2) is 25.3 Å². The summed E-state index contributed by atoms with van der Waals surface area (Å²) in [5.41, 5.74) is 0. The smallest absolute Gasteiger partial charge is 0.334 e. The number of carbonyl (C=O) groups is 1. The molecule has 0 aliphatic carbocycles. The molecule has 13 heavy (non-hydrogen) atoms. The molecular formula is C10H18O3. The number of hydrogen-bond donors (Lipinski definition) is 0. The van der Waals surface area contributed by atoms with Gasteiger partial charge >= 0.3 is 5.97 Å². The standard InChI is InChI=1S/C10H18O3/c1-4-6-7-8-13-9(3)10(11)12-5-2/h4,9H,1,5-8H2,2-3H3. The number of esters is 1. The van der Waals surface area contributed by atoms with E-state index in [0.717, 1.165) is 12.8 Å². The van der Waals surface area contributed by atoms with Crippen LogP contribution in [0.4, 0.5) is 0 Å². The van der Waals surface area contributed by atoms with Crippen molar-refractivity contribution in [3.8, 4) is 0 Å². The Hall–Kier alpha value is -0.830. The lowest BCUT2D eigenvalue weighted by Gasteiger charge is -2.10. The summed E-state index contributed by atoms with van der Waals surface area (Å²) in [6.45, 7) is 8.05. The molecule has 1 atom stereocenters. The van der Waals surface area contributed by atoms with Gasteiger partial charge in [0.2, 0.25) is 0 Å². The van der Waals surface area contributed by atoms with Crippen molar-refractivity contribution in [1.29, 1.82) is 0 Å². The first-order chi connectivity index (χ1) is 6.22. The van der Waals surface area contributed by atoms with Crippen molar-refractivity contribution < 1.29 is 14.3 Å². The van der Waals surface area contributed by atoms with Gasteiger partial charge in [-0.2, -0.15) is 0 Å². The first kappa shape index (κ1) is 12.2. The number of unbranched alkanes of at least 4 members (excludes halogenated alkanes) is 1. The second-order valence-corrected chi connectivity index (χ2v) is 2.70. The SMILES string of the molecule is C=CCCCOC(C)C(=O)OCC. The lowest BCUT2D eigenvalue weighted by atomic mass is 10.3. The Balaban J connectivity index is 3.43. The Kier molecular flexibility index (Phi) is 7.30. The maximum Gasteiger partial charge on any atom is 0.334 e. The summed E-state index contributed by atoms with van der Waals surface area (Å²) < 4.78 is 10.0. The van der Waals surface area contributed by atoms with Gasteiger partial charge in [-0.25, -0.2) is 4.79 Å². The summed E-state index contributed by atoms with van der Waals surface area (Å²) in [7, 11) is 0. The van der Waals surface area contributed by atoms with Gasteiger partial charge in [0, 0.05) is 6.61 Å². The number of hydrogen-bond acceptors (Lipinski definition) is 3. The monoisotopic (exact) mass is 186 g/mol. The molecule has 0 heterocycles. The summed E-state index contributed by atoms with van der Waals surface area (Å²) in [6.07, 6.45) is 3.19. The zero-order chi connectivity index (χ0) is 10.1. The minimum absolute atomic E-state index is 0.291. The molecule has 3 heteroatoms. The Bertz CT molecular complexity index is 154. The molecule has 0 aliphatic rings. The average Bonchev–Trinajstić information content (AvgIpc) is 2.12. The summed E-state index contributed by atoms with van der Waals surface area (Å²) in [6, 6.07) is 0. The normalized spacial score (nSPS) is 12.2. The highest BCUT2D eigenvalue weighted by molar-refractivity contribution is 5.74. The van der Waals surface area contributed by atoms with Crippen LogP contribution in [0.2, 0.25) is 0 Å². The largest absolute Gasteiger partial charge is 0.464 e. The van der Waals surface area contributed by atoms with Gasteiger partial charge in [0.15, 0.2) is 6.10 Å². The van der Waals surface area contributed by atoms with Crippen LogP contribution in [0.3, 0.4) is 0 Å². The number of rotatable bonds is 7. The Morgan fingerprint density at radius 2 is 2.31 bits per heavy atom. The van der Waals surface area contributed by atoms with Gasteiger partial charge in [0.1, 0.15) is 0 Å². The van der Waals surface area contributed by atoms with E-state index in [9.17, 15) is 4.79 Å². The minimum atomic E-state index is -0.454. The third kappa shape index (κ3) is 6.34. The topological polar surface area (TPSA) is 35.5 Å². The van der Waals surface area contributed by atoms with E-state index < -0.39 is 6.10 Å². The van der Waals surface area contributed by atoms with E-state index in [1.54, 1.807) is 13.8 Å². The summed E-state index contributed by atoms with van der Waals surface area (Å²) in [4.78, 5) is 11.0. The molecule has 0 rings (SSSR count). The van der Waals surface area contributed by atoms with E-state index in [4.69, 9.17) is 9.47 Å². The molecule has 0 saturated heterocycles. The lowest BCUT2D eigenvalue weighted by Crippen LogP contribution is -2.23. The van der Waals surface area contributed by atoms with Gasteiger partial charge < -0.3 is 9.47 Å². The van der Waals surface area contributed by atoms with E-state index in [2.05, 4.69) is 6.58 Å². The van der Waals surface area contributed by atoms with Crippen molar-refractivity contribution >= 4 is 5.97 Å².